The van der Waals surface area contributed by atoms with Gasteiger partial charge in [0.15, 0.2) is 0 Å². The minimum atomic E-state index is -0.0563. The van der Waals surface area contributed by atoms with Gasteiger partial charge in [0.05, 0.1) is 5.69 Å². The van der Waals surface area contributed by atoms with Gasteiger partial charge in [0, 0.05) is 24.4 Å². The van der Waals surface area contributed by atoms with Crippen LogP contribution in [0.1, 0.15) is 51.5 Å². The van der Waals surface area contributed by atoms with E-state index in [1.54, 1.807) is 0 Å². The molecule has 0 aliphatic rings. The van der Waals surface area contributed by atoms with Crippen molar-refractivity contribution < 1.29 is 4.79 Å². The van der Waals surface area contributed by atoms with E-state index in [2.05, 4.69) is 29.4 Å². The Balaban J connectivity index is 1.90. The third-order valence-corrected chi connectivity index (χ3v) is 3.89. The van der Waals surface area contributed by atoms with Gasteiger partial charge in [-0.25, -0.2) is 0 Å². The number of carbonyl (C=O) groups is 1. The standard InChI is InChI=1S/C20H26N2O/c1-3-4-5-6-7-8-17-9-14-20(21-15-17)18-10-12-19(13-11-18)22-16(2)23/h9-15H,3-8H2,1-2H3,(H,22,23). The zero-order valence-electron chi connectivity index (χ0n) is 14.1. The molecule has 0 saturated heterocycles. The van der Waals surface area contributed by atoms with E-state index >= 15 is 0 Å². The predicted octanol–water partition coefficient (Wildman–Crippen LogP) is 5.22. The minimum absolute atomic E-state index is 0.0563. The summed E-state index contributed by atoms with van der Waals surface area (Å²) >= 11 is 0. The maximum absolute atomic E-state index is 11.0. The average molecular weight is 310 g/mol. The van der Waals surface area contributed by atoms with Gasteiger partial charge in [-0.1, -0.05) is 50.8 Å². The van der Waals surface area contributed by atoms with Gasteiger partial charge in [-0.2, -0.15) is 0 Å². The lowest BCUT2D eigenvalue weighted by atomic mass is 10.1. The van der Waals surface area contributed by atoms with Crippen molar-refractivity contribution in [2.45, 2.75) is 52.4 Å². The summed E-state index contributed by atoms with van der Waals surface area (Å²) in [6, 6.07) is 12.0. The molecule has 1 aromatic heterocycles. The van der Waals surface area contributed by atoms with Crippen molar-refractivity contribution >= 4 is 11.6 Å². The average Bonchev–Trinajstić information content (AvgIpc) is 2.55. The van der Waals surface area contributed by atoms with Crippen LogP contribution in [0.4, 0.5) is 5.69 Å². The number of nitrogens with zero attached hydrogens (tertiary/aromatic N) is 1. The Morgan fingerprint density at radius 2 is 1.74 bits per heavy atom. The van der Waals surface area contributed by atoms with Crippen LogP contribution < -0.4 is 5.32 Å². The Morgan fingerprint density at radius 1 is 1.00 bits per heavy atom. The summed E-state index contributed by atoms with van der Waals surface area (Å²) < 4.78 is 0. The van der Waals surface area contributed by atoms with Crippen LogP contribution in [0.2, 0.25) is 0 Å². The van der Waals surface area contributed by atoms with Crippen molar-refractivity contribution in [3.63, 3.8) is 0 Å². The molecule has 0 spiro atoms. The van der Waals surface area contributed by atoms with Gasteiger partial charge in [-0.05, 0) is 36.6 Å². The Hall–Kier alpha value is -2.16. The lowest BCUT2D eigenvalue weighted by Crippen LogP contribution is -2.05. The van der Waals surface area contributed by atoms with Crippen molar-refractivity contribution in [3.8, 4) is 11.3 Å². The number of nitrogens with one attached hydrogen (secondary N) is 1. The van der Waals surface area contributed by atoms with Crippen LogP contribution in [0, 0.1) is 0 Å². The van der Waals surface area contributed by atoms with E-state index in [4.69, 9.17) is 0 Å². The van der Waals surface area contributed by atoms with Gasteiger partial charge in [-0.15, -0.1) is 0 Å². The third kappa shape index (κ3) is 5.85. The fourth-order valence-electron chi connectivity index (χ4n) is 2.60. The summed E-state index contributed by atoms with van der Waals surface area (Å²) in [6.45, 7) is 3.75. The van der Waals surface area contributed by atoms with E-state index in [1.807, 2.05) is 30.5 Å². The van der Waals surface area contributed by atoms with E-state index in [-0.39, 0.29) is 5.91 Å². The summed E-state index contributed by atoms with van der Waals surface area (Å²) in [4.78, 5) is 15.6. The highest BCUT2D eigenvalue weighted by Gasteiger charge is 2.01. The molecule has 0 unspecified atom stereocenters. The molecule has 1 N–H and O–H groups in total. The van der Waals surface area contributed by atoms with E-state index in [1.165, 1.54) is 44.6 Å². The molecule has 2 rings (SSSR count). The Kier molecular flexibility index (Phi) is 6.79. The Morgan fingerprint density at radius 3 is 2.35 bits per heavy atom. The lowest BCUT2D eigenvalue weighted by molar-refractivity contribution is -0.114. The molecule has 0 aliphatic heterocycles. The van der Waals surface area contributed by atoms with Crippen LogP contribution in [0.3, 0.4) is 0 Å². The molecular weight excluding hydrogens is 284 g/mol. The number of hydrogen-bond donors (Lipinski definition) is 1. The number of carbonyl (C=O) groups excluding carboxylic acids is 1. The van der Waals surface area contributed by atoms with Crippen molar-refractivity contribution in [2.24, 2.45) is 0 Å². The van der Waals surface area contributed by atoms with Crippen molar-refractivity contribution in [2.75, 3.05) is 5.32 Å². The van der Waals surface area contributed by atoms with Crippen LogP contribution in [0.25, 0.3) is 11.3 Å². The van der Waals surface area contributed by atoms with E-state index in [0.717, 1.165) is 23.4 Å². The molecule has 0 radical (unpaired) electrons. The molecule has 2 aromatic rings. The first-order valence-corrected chi connectivity index (χ1v) is 8.52. The number of aromatic nitrogens is 1. The second-order valence-corrected chi connectivity index (χ2v) is 5.97. The number of anilines is 1. The highest BCUT2D eigenvalue weighted by Crippen LogP contribution is 2.20. The number of aryl methyl sites for hydroxylation is 1. The van der Waals surface area contributed by atoms with Gasteiger partial charge in [0.1, 0.15) is 0 Å². The normalized spacial score (nSPS) is 10.5. The van der Waals surface area contributed by atoms with Crippen LogP contribution in [-0.2, 0) is 11.2 Å². The largest absolute Gasteiger partial charge is 0.326 e. The minimum Gasteiger partial charge on any atom is -0.326 e. The highest BCUT2D eigenvalue weighted by molar-refractivity contribution is 5.88. The zero-order valence-corrected chi connectivity index (χ0v) is 14.1. The quantitative estimate of drug-likeness (QED) is 0.679. The van der Waals surface area contributed by atoms with E-state index in [9.17, 15) is 4.79 Å². The van der Waals surface area contributed by atoms with Gasteiger partial charge >= 0.3 is 0 Å². The second-order valence-electron chi connectivity index (χ2n) is 5.97. The summed E-state index contributed by atoms with van der Waals surface area (Å²) in [7, 11) is 0. The summed E-state index contributed by atoms with van der Waals surface area (Å²) in [5.41, 5.74) is 4.15. The molecule has 23 heavy (non-hydrogen) atoms. The first-order chi connectivity index (χ1) is 11.2. The first-order valence-electron chi connectivity index (χ1n) is 8.52. The fourth-order valence-corrected chi connectivity index (χ4v) is 2.60. The van der Waals surface area contributed by atoms with Crippen LogP contribution >= 0.6 is 0 Å². The maximum Gasteiger partial charge on any atom is 0.221 e. The second kappa shape index (κ2) is 9.09. The maximum atomic E-state index is 11.0. The molecule has 122 valence electrons. The Labute approximate surface area is 139 Å². The number of benzene rings is 1. The van der Waals surface area contributed by atoms with E-state index < -0.39 is 0 Å². The highest BCUT2D eigenvalue weighted by atomic mass is 16.1. The predicted molar refractivity (Wildman–Crippen MR) is 96.4 cm³/mol. The number of pyridine rings is 1. The number of hydrogen-bond acceptors (Lipinski definition) is 2. The van der Waals surface area contributed by atoms with Crippen molar-refractivity contribution in [3.05, 3.63) is 48.2 Å². The number of unbranched alkanes of at least 4 members (excludes halogenated alkanes) is 4. The molecule has 3 heteroatoms. The lowest BCUT2D eigenvalue weighted by Gasteiger charge is -2.06. The zero-order chi connectivity index (χ0) is 16.5. The van der Waals surface area contributed by atoms with Gasteiger partial charge in [0.2, 0.25) is 5.91 Å². The van der Waals surface area contributed by atoms with Crippen LogP contribution in [-0.4, -0.2) is 10.9 Å². The molecule has 0 saturated carbocycles. The summed E-state index contributed by atoms with van der Waals surface area (Å²) in [5, 5.41) is 2.77. The molecule has 0 aliphatic carbocycles. The number of amides is 1. The molecule has 3 nitrogen and oxygen atoms in total. The topological polar surface area (TPSA) is 42.0 Å². The van der Waals surface area contributed by atoms with Gasteiger partial charge in [0.25, 0.3) is 0 Å². The van der Waals surface area contributed by atoms with Crippen molar-refractivity contribution in [1.29, 1.82) is 0 Å². The van der Waals surface area contributed by atoms with Crippen molar-refractivity contribution in [1.82, 2.24) is 4.98 Å². The van der Waals surface area contributed by atoms with Gasteiger partial charge < -0.3 is 5.32 Å². The third-order valence-electron chi connectivity index (χ3n) is 3.89. The molecule has 0 fully saturated rings. The Bertz CT molecular complexity index is 603. The molecular formula is C20H26N2O. The molecule has 0 bridgehead atoms. The SMILES string of the molecule is CCCCCCCc1ccc(-c2ccc(NC(C)=O)cc2)nc1. The van der Waals surface area contributed by atoms with Gasteiger partial charge in [-0.3, -0.25) is 9.78 Å². The first kappa shape index (κ1) is 17.2. The van der Waals surface area contributed by atoms with Crippen LogP contribution in [0.5, 0.6) is 0 Å². The molecule has 1 aromatic carbocycles. The van der Waals surface area contributed by atoms with Crippen LogP contribution in [0.15, 0.2) is 42.6 Å². The summed E-state index contributed by atoms with van der Waals surface area (Å²) in [5.74, 6) is -0.0563. The molecule has 0 atom stereocenters. The smallest absolute Gasteiger partial charge is 0.221 e. The van der Waals surface area contributed by atoms with E-state index in [0.29, 0.717) is 0 Å². The number of rotatable bonds is 8. The molecule has 1 amide bonds. The fraction of sp³-hybridized carbons (Fsp3) is 0.400. The molecule has 1 heterocycles. The monoisotopic (exact) mass is 310 g/mol. The summed E-state index contributed by atoms with van der Waals surface area (Å²) in [6.07, 6.45) is 9.60.